The summed E-state index contributed by atoms with van der Waals surface area (Å²) in [6, 6.07) is -0.858. The summed E-state index contributed by atoms with van der Waals surface area (Å²) < 4.78 is 34.7. The van der Waals surface area contributed by atoms with Crippen molar-refractivity contribution in [2.45, 2.75) is 55.7 Å². The van der Waals surface area contributed by atoms with E-state index in [0.717, 1.165) is 4.31 Å². The third-order valence-electron chi connectivity index (χ3n) is 5.99. The van der Waals surface area contributed by atoms with Gasteiger partial charge in [0.15, 0.2) is 0 Å². The van der Waals surface area contributed by atoms with Gasteiger partial charge in [0.2, 0.25) is 0 Å². The predicted octanol–water partition coefficient (Wildman–Crippen LogP) is -2.61. The first-order valence-electron chi connectivity index (χ1n) is 9.57. The van der Waals surface area contributed by atoms with Gasteiger partial charge in [-0.05, 0) is 25.6 Å². The summed E-state index contributed by atoms with van der Waals surface area (Å²) in [7, 11) is -5.46. The number of carbonyl (C=O) groups is 1. The summed E-state index contributed by atoms with van der Waals surface area (Å²) in [6.45, 7) is 0.406. The highest BCUT2D eigenvalue weighted by Crippen LogP contribution is 2.38. The van der Waals surface area contributed by atoms with Crippen LogP contribution in [0.1, 0.15) is 25.7 Å². The van der Waals surface area contributed by atoms with E-state index in [9.17, 15) is 18.3 Å². The van der Waals surface area contributed by atoms with Crippen LogP contribution in [-0.4, -0.2) is 95.2 Å². The fourth-order valence-electron chi connectivity index (χ4n) is 4.19. The second-order valence-electron chi connectivity index (χ2n) is 8.07. The number of rotatable bonds is 9. The van der Waals surface area contributed by atoms with Gasteiger partial charge in [-0.15, -0.1) is 0 Å². The molecule has 2 aliphatic heterocycles. The predicted molar refractivity (Wildman–Crippen MR) is 100 cm³/mol. The molecule has 13 heteroatoms. The Hall–Kier alpha value is -0.795. The molecule has 3 fully saturated rings. The van der Waals surface area contributed by atoms with Gasteiger partial charge in [-0.1, -0.05) is 6.42 Å². The van der Waals surface area contributed by atoms with Gasteiger partial charge in [-0.2, -0.15) is 17.0 Å². The number of ether oxygens (including phenoxy) is 1. The van der Waals surface area contributed by atoms with Crippen molar-refractivity contribution in [2.24, 2.45) is 17.4 Å². The third kappa shape index (κ3) is 4.21. The number of hydrogen-bond donors (Lipinski definition) is 5. The molecular formula is C15H29BN4O7S. The van der Waals surface area contributed by atoms with Crippen LogP contribution < -0.4 is 11.5 Å². The van der Waals surface area contributed by atoms with E-state index >= 15 is 0 Å². The topological polar surface area (TPSA) is 180 Å². The van der Waals surface area contributed by atoms with Crippen LogP contribution in [0.2, 0.25) is 6.32 Å². The average molecular weight is 420 g/mol. The minimum atomic E-state index is -3.97. The van der Waals surface area contributed by atoms with Crippen molar-refractivity contribution in [3.8, 4) is 0 Å². The van der Waals surface area contributed by atoms with E-state index in [1.807, 2.05) is 0 Å². The summed E-state index contributed by atoms with van der Waals surface area (Å²) in [5.74, 6) is -1.90. The van der Waals surface area contributed by atoms with Crippen LogP contribution in [0.5, 0.6) is 0 Å². The second kappa shape index (κ2) is 8.15. The monoisotopic (exact) mass is 420 g/mol. The Labute approximate surface area is 164 Å². The van der Waals surface area contributed by atoms with Crippen LogP contribution in [0, 0.1) is 5.92 Å². The molecule has 28 heavy (non-hydrogen) atoms. The molecule has 7 N–H and O–H groups in total. The summed E-state index contributed by atoms with van der Waals surface area (Å²) in [4.78, 5) is 11.8. The fraction of sp³-hybridized carbons (Fsp3) is 0.933. The maximum absolute atomic E-state index is 13.4. The Balaban J connectivity index is 1.79. The molecule has 0 aromatic carbocycles. The average Bonchev–Trinajstić information content (AvgIpc) is 3.00. The van der Waals surface area contributed by atoms with Crippen LogP contribution in [-0.2, 0) is 19.7 Å². The lowest BCUT2D eigenvalue weighted by Gasteiger charge is -2.31. The van der Waals surface area contributed by atoms with Crippen LogP contribution in [0.15, 0.2) is 0 Å². The zero-order valence-corrected chi connectivity index (χ0v) is 16.5. The molecule has 0 aromatic heterocycles. The highest BCUT2D eigenvalue weighted by Gasteiger charge is 2.56. The first-order valence-corrected chi connectivity index (χ1v) is 11.0. The van der Waals surface area contributed by atoms with Crippen molar-refractivity contribution in [1.29, 1.82) is 0 Å². The SMILES string of the molecule is NC1CC1N(C1CCOC1)S(=O)(=O)N1C[C@H](CCCB(O)O)[C@](N)(C(=O)O)C1. The van der Waals surface area contributed by atoms with E-state index in [1.54, 1.807) is 0 Å². The molecule has 0 radical (unpaired) electrons. The van der Waals surface area contributed by atoms with Gasteiger partial charge in [0.25, 0.3) is 10.2 Å². The number of hydrogen-bond acceptors (Lipinski definition) is 8. The molecule has 3 unspecified atom stereocenters. The normalized spacial score (nSPS) is 36.2. The minimum Gasteiger partial charge on any atom is -0.480 e. The Kier molecular flexibility index (Phi) is 6.37. The van der Waals surface area contributed by atoms with Gasteiger partial charge in [-0.3, -0.25) is 4.79 Å². The van der Waals surface area contributed by atoms with Crippen LogP contribution in [0.3, 0.4) is 0 Å². The molecule has 11 nitrogen and oxygen atoms in total. The minimum absolute atomic E-state index is 0.0291. The number of carboxylic acids is 1. The van der Waals surface area contributed by atoms with Gasteiger partial charge in [-0.25, -0.2) is 0 Å². The first kappa shape index (κ1) is 21.9. The van der Waals surface area contributed by atoms with E-state index < -0.39 is 34.8 Å². The zero-order chi connectivity index (χ0) is 20.7. The number of nitrogens with two attached hydrogens (primary N) is 2. The molecule has 1 saturated carbocycles. The first-order chi connectivity index (χ1) is 13.1. The van der Waals surface area contributed by atoms with Crippen molar-refractivity contribution in [2.75, 3.05) is 26.3 Å². The lowest BCUT2D eigenvalue weighted by Crippen LogP contribution is -2.56. The van der Waals surface area contributed by atoms with Gasteiger partial charge in [0, 0.05) is 37.7 Å². The number of nitrogens with zero attached hydrogens (tertiary/aromatic N) is 2. The van der Waals surface area contributed by atoms with Gasteiger partial charge in [0.1, 0.15) is 5.54 Å². The van der Waals surface area contributed by atoms with Crippen molar-refractivity contribution in [3.63, 3.8) is 0 Å². The molecule has 0 aromatic rings. The molecule has 0 amide bonds. The second-order valence-corrected chi connectivity index (χ2v) is 9.90. The van der Waals surface area contributed by atoms with Gasteiger partial charge < -0.3 is 31.4 Å². The zero-order valence-electron chi connectivity index (χ0n) is 15.7. The quantitative estimate of drug-likeness (QED) is 0.250. The molecule has 5 atom stereocenters. The Bertz CT molecular complexity index is 690. The summed E-state index contributed by atoms with van der Waals surface area (Å²) in [5.41, 5.74) is 10.3. The van der Waals surface area contributed by atoms with E-state index in [4.69, 9.17) is 26.3 Å². The van der Waals surface area contributed by atoms with Crippen molar-refractivity contribution in [3.05, 3.63) is 0 Å². The molecule has 160 valence electrons. The number of aliphatic carboxylic acids is 1. The van der Waals surface area contributed by atoms with Gasteiger partial charge >= 0.3 is 13.1 Å². The molecular weight excluding hydrogens is 391 g/mol. The summed E-state index contributed by atoms with van der Waals surface area (Å²) in [5, 5.41) is 27.7. The smallest absolute Gasteiger partial charge is 0.451 e. The van der Waals surface area contributed by atoms with Crippen molar-refractivity contribution < 1.29 is 33.1 Å². The lowest BCUT2D eigenvalue weighted by molar-refractivity contribution is -0.144. The van der Waals surface area contributed by atoms with E-state index in [2.05, 4.69) is 0 Å². The molecule has 1 aliphatic carbocycles. The van der Waals surface area contributed by atoms with Crippen molar-refractivity contribution in [1.82, 2.24) is 8.61 Å². The molecule has 2 heterocycles. The van der Waals surface area contributed by atoms with E-state index in [-0.39, 0.29) is 44.0 Å². The molecule has 3 aliphatic rings. The Morgan fingerprint density at radius 1 is 1.39 bits per heavy atom. The maximum Gasteiger partial charge on any atom is 0.451 e. The third-order valence-corrected chi connectivity index (χ3v) is 8.03. The summed E-state index contributed by atoms with van der Waals surface area (Å²) >= 11 is 0. The highest BCUT2D eigenvalue weighted by atomic mass is 32.2. The maximum atomic E-state index is 13.4. The lowest BCUT2D eigenvalue weighted by atomic mass is 9.78. The van der Waals surface area contributed by atoms with Crippen LogP contribution in [0.4, 0.5) is 0 Å². The standard InChI is InChI=1S/C15H29BN4O7S/c17-12-6-13(12)20(11-3-5-27-8-11)28(25,26)19-7-10(2-1-4-16(23)24)15(18,9-19)14(21)22/h10-13,23-24H,1-9,17-18H2,(H,21,22)/t10-,11?,12?,13?,15-/m0/s1. The molecule has 0 bridgehead atoms. The highest BCUT2D eigenvalue weighted by molar-refractivity contribution is 7.86. The molecule has 0 spiro atoms. The van der Waals surface area contributed by atoms with Crippen LogP contribution >= 0.6 is 0 Å². The van der Waals surface area contributed by atoms with Gasteiger partial charge in [0.05, 0.1) is 12.6 Å². The van der Waals surface area contributed by atoms with Crippen LogP contribution in [0.25, 0.3) is 0 Å². The van der Waals surface area contributed by atoms with Crippen molar-refractivity contribution >= 4 is 23.3 Å². The summed E-state index contributed by atoms with van der Waals surface area (Å²) in [6.07, 6.45) is 1.81. The molecule has 3 rings (SSSR count). The van der Waals surface area contributed by atoms with E-state index in [1.165, 1.54) is 4.31 Å². The fourth-order valence-corrected chi connectivity index (χ4v) is 6.33. The Morgan fingerprint density at radius 3 is 2.57 bits per heavy atom. The molecule has 2 saturated heterocycles. The Morgan fingerprint density at radius 2 is 2.07 bits per heavy atom. The number of carboxylic acid groups (broad SMARTS) is 1. The largest absolute Gasteiger partial charge is 0.480 e. The van der Waals surface area contributed by atoms with E-state index in [0.29, 0.717) is 32.5 Å².